The molecule has 0 aliphatic carbocycles. The van der Waals surface area contributed by atoms with E-state index in [1.165, 1.54) is 11.8 Å². The number of carbonyl (C=O) groups excluding carboxylic acids is 1. The third-order valence-corrected chi connectivity index (χ3v) is 5.17. The summed E-state index contributed by atoms with van der Waals surface area (Å²) in [5.41, 5.74) is 1.51. The molecule has 3 aromatic rings. The van der Waals surface area contributed by atoms with Crippen molar-refractivity contribution in [2.45, 2.75) is 10.1 Å². The molecule has 0 aliphatic heterocycles. The number of hydrogen-bond acceptors (Lipinski definition) is 2. The van der Waals surface area contributed by atoms with Crippen molar-refractivity contribution in [2.75, 3.05) is 5.32 Å². The second kappa shape index (κ2) is 8.43. The second-order valence-corrected chi connectivity index (χ2v) is 7.42. The van der Waals surface area contributed by atoms with Gasteiger partial charge in [0.15, 0.2) is 0 Å². The SMILES string of the molecule is O=C(Nc1cc(Cl)cc(Cl)c1)C(Sc1ccccc1)c1ccccc1. The van der Waals surface area contributed by atoms with Gasteiger partial charge in [0.1, 0.15) is 5.25 Å². The monoisotopic (exact) mass is 387 g/mol. The molecular weight excluding hydrogens is 373 g/mol. The first-order chi connectivity index (χ1) is 12.1. The third kappa shape index (κ3) is 5.02. The van der Waals surface area contributed by atoms with E-state index in [4.69, 9.17) is 23.2 Å². The van der Waals surface area contributed by atoms with Crippen molar-refractivity contribution in [3.8, 4) is 0 Å². The average molecular weight is 388 g/mol. The first kappa shape index (κ1) is 17.9. The van der Waals surface area contributed by atoms with Crippen LogP contribution in [0.25, 0.3) is 0 Å². The van der Waals surface area contributed by atoms with Gasteiger partial charge in [-0.3, -0.25) is 4.79 Å². The van der Waals surface area contributed by atoms with Gasteiger partial charge in [-0.05, 0) is 35.9 Å². The van der Waals surface area contributed by atoms with E-state index in [0.29, 0.717) is 15.7 Å². The highest BCUT2D eigenvalue weighted by atomic mass is 35.5. The maximum Gasteiger partial charge on any atom is 0.242 e. The fourth-order valence-corrected chi connectivity index (χ4v) is 3.94. The van der Waals surface area contributed by atoms with Crippen LogP contribution in [0.2, 0.25) is 10.0 Å². The van der Waals surface area contributed by atoms with Crippen LogP contribution >= 0.6 is 35.0 Å². The lowest BCUT2D eigenvalue weighted by atomic mass is 10.1. The number of carbonyl (C=O) groups is 1. The standard InChI is InChI=1S/C20H15Cl2NOS/c21-15-11-16(22)13-17(12-15)23-20(24)19(14-7-3-1-4-8-14)25-18-9-5-2-6-10-18/h1-13,19H,(H,23,24). The molecule has 5 heteroatoms. The maximum absolute atomic E-state index is 12.9. The fourth-order valence-electron chi connectivity index (χ4n) is 2.37. The smallest absolute Gasteiger partial charge is 0.242 e. The third-order valence-electron chi connectivity index (χ3n) is 3.47. The van der Waals surface area contributed by atoms with Crippen LogP contribution in [0.5, 0.6) is 0 Å². The molecule has 1 amide bonds. The molecule has 1 atom stereocenters. The number of amides is 1. The number of benzene rings is 3. The number of hydrogen-bond donors (Lipinski definition) is 1. The summed E-state index contributed by atoms with van der Waals surface area (Å²) in [5, 5.41) is 3.49. The topological polar surface area (TPSA) is 29.1 Å². The highest BCUT2D eigenvalue weighted by Gasteiger charge is 2.22. The van der Waals surface area contributed by atoms with E-state index < -0.39 is 0 Å². The Balaban J connectivity index is 1.86. The van der Waals surface area contributed by atoms with E-state index in [-0.39, 0.29) is 11.2 Å². The number of rotatable bonds is 5. The van der Waals surface area contributed by atoms with Gasteiger partial charge in [0, 0.05) is 20.6 Å². The lowest BCUT2D eigenvalue weighted by Crippen LogP contribution is -2.19. The molecule has 2 nitrogen and oxygen atoms in total. The molecule has 0 fully saturated rings. The Kier molecular flexibility index (Phi) is 6.03. The summed E-state index contributed by atoms with van der Waals surface area (Å²) in [4.78, 5) is 13.9. The summed E-state index contributed by atoms with van der Waals surface area (Å²) >= 11 is 13.5. The zero-order chi connectivity index (χ0) is 17.6. The minimum absolute atomic E-state index is 0.126. The van der Waals surface area contributed by atoms with Gasteiger partial charge in [-0.25, -0.2) is 0 Å². The molecule has 0 bridgehead atoms. The summed E-state index contributed by atoms with van der Waals surface area (Å²) in [5.74, 6) is -0.126. The minimum Gasteiger partial charge on any atom is -0.325 e. The zero-order valence-electron chi connectivity index (χ0n) is 13.2. The Morgan fingerprint density at radius 2 is 1.40 bits per heavy atom. The summed E-state index contributed by atoms with van der Waals surface area (Å²) in [6.45, 7) is 0. The molecule has 0 spiro atoms. The first-order valence-corrected chi connectivity index (χ1v) is 9.29. The molecular formula is C20H15Cl2NOS. The van der Waals surface area contributed by atoms with Gasteiger partial charge in [0.05, 0.1) is 0 Å². The molecule has 0 aliphatic rings. The number of thioether (sulfide) groups is 1. The van der Waals surface area contributed by atoms with Crippen LogP contribution < -0.4 is 5.32 Å². The molecule has 0 saturated heterocycles. The maximum atomic E-state index is 12.9. The number of nitrogens with one attached hydrogen (secondary N) is 1. The largest absolute Gasteiger partial charge is 0.325 e. The van der Waals surface area contributed by atoms with E-state index in [0.717, 1.165) is 10.5 Å². The van der Waals surface area contributed by atoms with Crippen LogP contribution in [0.4, 0.5) is 5.69 Å². The molecule has 0 heterocycles. The van der Waals surface area contributed by atoms with Gasteiger partial charge in [-0.2, -0.15) is 0 Å². The van der Waals surface area contributed by atoms with Crippen LogP contribution in [0.15, 0.2) is 83.8 Å². The Morgan fingerprint density at radius 1 is 0.840 bits per heavy atom. The van der Waals surface area contributed by atoms with Gasteiger partial charge in [0.2, 0.25) is 5.91 Å². The second-order valence-electron chi connectivity index (χ2n) is 5.37. The van der Waals surface area contributed by atoms with Crippen molar-refractivity contribution in [3.63, 3.8) is 0 Å². The van der Waals surface area contributed by atoms with Crippen LogP contribution in [-0.4, -0.2) is 5.91 Å². The normalized spacial score (nSPS) is 11.8. The molecule has 25 heavy (non-hydrogen) atoms. The van der Waals surface area contributed by atoms with Crippen molar-refractivity contribution in [2.24, 2.45) is 0 Å². The van der Waals surface area contributed by atoms with E-state index in [1.807, 2.05) is 60.7 Å². The van der Waals surface area contributed by atoms with E-state index in [2.05, 4.69) is 5.32 Å². The number of anilines is 1. The predicted octanol–water partition coefficient (Wildman–Crippen LogP) is 6.47. The molecule has 0 radical (unpaired) electrons. The van der Waals surface area contributed by atoms with Crippen LogP contribution in [0.3, 0.4) is 0 Å². The zero-order valence-corrected chi connectivity index (χ0v) is 15.5. The molecule has 1 N–H and O–H groups in total. The van der Waals surface area contributed by atoms with E-state index in [1.54, 1.807) is 18.2 Å². The van der Waals surface area contributed by atoms with Gasteiger partial charge >= 0.3 is 0 Å². The Morgan fingerprint density at radius 3 is 2.00 bits per heavy atom. The lowest BCUT2D eigenvalue weighted by molar-refractivity contribution is -0.115. The molecule has 126 valence electrons. The average Bonchev–Trinajstić information content (AvgIpc) is 2.60. The van der Waals surface area contributed by atoms with Gasteiger partial charge in [-0.15, -0.1) is 11.8 Å². The Hall–Kier alpha value is -1.94. The highest BCUT2D eigenvalue weighted by molar-refractivity contribution is 8.00. The Bertz CT molecular complexity index is 836. The van der Waals surface area contributed by atoms with Gasteiger partial charge < -0.3 is 5.32 Å². The van der Waals surface area contributed by atoms with E-state index >= 15 is 0 Å². The van der Waals surface area contributed by atoms with Crippen molar-refractivity contribution in [1.29, 1.82) is 0 Å². The van der Waals surface area contributed by atoms with Crippen molar-refractivity contribution < 1.29 is 4.79 Å². The summed E-state index contributed by atoms with van der Waals surface area (Å²) in [6, 6.07) is 24.5. The lowest BCUT2D eigenvalue weighted by Gasteiger charge is -2.17. The molecule has 3 aromatic carbocycles. The van der Waals surface area contributed by atoms with Crippen LogP contribution in [0, 0.1) is 0 Å². The molecule has 0 aromatic heterocycles. The van der Waals surface area contributed by atoms with Crippen molar-refractivity contribution >= 4 is 46.6 Å². The fraction of sp³-hybridized carbons (Fsp3) is 0.0500. The minimum atomic E-state index is -0.388. The molecule has 0 saturated carbocycles. The highest BCUT2D eigenvalue weighted by Crippen LogP contribution is 2.36. The van der Waals surface area contributed by atoms with Gasteiger partial charge in [0.25, 0.3) is 0 Å². The molecule has 1 unspecified atom stereocenters. The predicted molar refractivity (Wildman–Crippen MR) is 107 cm³/mol. The summed E-state index contributed by atoms with van der Waals surface area (Å²) < 4.78 is 0. The molecule has 3 rings (SSSR count). The number of halogens is 2. The summed E-state index contributed by atoms with van der Waals surface area (Å²) in [6.07, 6.45) is 0. The van der Waals surface area contributed by atoms with Crippen LogP contribution in [-0.2, 0) is 4.79 Å². The van der Waals surface area contributed by atoms with Crippen molar-refractivity contribution in [1.82, 2.24) is 0 Å². The summed E-state index contributed by atoms with van der Waals surface area (Å²) in [7, 11) is 0. The van der Waals surface area contributed by atoms with Crippen molar-refractivity contribution in [3.05, 3.63) is 94.5 Å². The van der Waals surface area contributed by atoms with Gasteiger partial charge in [-0.1, -0.05) is 71.7 Å². The first-order valence-electron chi connectivity index (χ1n) is 7.65. The van der Waals surface area contributed by atoms with Crippen LogP contribution in [0.1, 0.15) is 10.8 Å². The quantitative estimate of drug-likeness (QED) is 0.508. The Labute approximate surface area is 161 Å². The van der Waals surface area contributed by atoms with E-state index in [9.17, 15) is 4.79 Å².